The summed E-state index contributed by atoms with van der Waals surface area (Å²) in [4.78, 5) is 0. The third kappa shape index (κ3) is 4.80. The highest BCUT2D eigenvalue weighted by molar-refractivity contribution is 9.10. The molecule has 3 unspecified atom stereocenters. The Labute approximate surface area is 130 Å². The quantitative estimate of drug-likeness (QED) is 0.836. The molecule has 0 heterocycles. The van der Waals surface area contributed by atoms with Gasteiger partial charge in [-0.1, -0.05) is 40.9 Å². The van der Waals surface area contributed by atoms with Crippen LogP contribution in [0.4, 0.5) is 0 Å². The normalized spacial score (nSPS) is 25.2. The predicted octanol–water partition coefficient (Wildman–Crippen LogP) is 4.64. The Balaban J connectivity index is 1.86. The number of hydrogen-bond donors (Lipinski definition) is 1. The lowest BCUT2D eigenvalue weighted by atomic mass is 9.93. The van der Waals surface area contributed by atoms with Crippen molar-refractivity contribution in [2.24, 2.45) is 0 Å². The van der Waals surface area contributed by atoms with E-state index in [9.17, 15) is 0 Å². The Hall–Kier alpha value is 0.01000. The molecular weight excluding hydrogens is 318 g/mol. The second kappa shape index (κ2) is 7.70. The number of benzene rings is 1. The van der Waals surface area contributed by atoms with Gasteiger partial charge in [0.1, 0.15) is 0 Å². The zero-order valence-corrected chi connectivity index (χ0v) is 14.3. The summed E-state index contributed by atoms with van der Waals surface area (Å²) in [6.07, 6.45) is 8.89. The number of hydrogen-bond acceptors (Lipinski definition) is 2. The van der Waals surface area contributed by atoms with Crippen LogP contribution in [0.2, 0.25) is 0 Å². The molecule has 1 aromatic carbocycles. The van der Waals surface area contributed by atoms with Crippen molar-refractivity contribution in [3.63, 3.8) is 0 Å². The molecule has 0 radical (unpaired) electrons. The third-order valence-corrected chi connectivity index (χ3v) is 5.66. The Morgan fingerprint density at radius 1 is 1.26 bits per heavy atom. The minimum absolute atomic E-state index is 0.555. The Morgan fingerprint density at radius 3 is 2.63 bits per heavy atom. The van der Waals surface area contributed by atoms with Crippen molar-refractivity contribution in [3.8, 4) is 0 Å². The first-order chi connectivity index (χ1) is 9.19. The number of halogens is 1. The summed E-state index contributed by atoms with van der Waals surface area (Å²) in [7, 11) is 0. The van der Waals surface area contributed by atoms with Gasteiger partial charge in [-0.3, -0.25) is 0 Å². The van der Waals surface area contributed by atoms with E-state index in [0.717, 1.165) is 16.1 Å². The minimum atomic E-state index is 0.555. The molecule has 0 spiro atoms. The lowest BCUT2D eigenvalue weighted by Gasteiger charge is -2.33. The summed E-state index contributed by atoms with van der Waals surface area (Å²) in [5, 5.41) is 4.66. The minimum Gasteiger partial charge on any atom is -0.310 e. The van der Waals surface area contributed by atoms with E-state index in [2.05, 4.69) is 58.7 Å². The fraction of sp³-hybridized carbons (Fsp3) is 0.625. The van der Waals surface area contributed by atoms with E-state index in [1.54, 1.807) is 0 Å². The molecule has 3 atom stereocenters. The highest BCUT2D eigenvalue weighted by Gasteiger charge is 2.25. The molecule has 0 aliphatic heterocycles. The van der Waals surface area contributed by atoms with E-state index in [4.69, 9.17) is 0 Å². The molecular formula is C16H24BrNS. The molecule has 3 heteroatoms. The van der Waals surface area contributed by atoms with Gasteiger partial charge in [0, 0.05) is 21.8 Å². The van der Waals surface area contributed by atoms with Crippen LogP contribution in [0.15, 0.2) is 28.7 Å². The van der Waals surface area contributed by atoms with Crippen molar-refractivity contribution in [2.75, 3.05) is 6.26 Å². The molecule has 0 bridgehead atoms. The summed E-state index contributed by atoms with van der Waals surface area (Å²) < 4.78 is 1.16. The SMILES string of the molecule is CSC1CCCCC1NC(C)Cc1ccc(Br)cc1. The topological polar surface area (TPSA) is 12.0 Å². The molecule has 0 aromatic heterocycles. The molecule has 19 heavy (non-hydrogen) atoms. The van der Waals surface area contributed by atoms with Gasteiger partial charge in [0.05, 0.1) is 0 Å². The van der Waals surface area contributed by atoms with Crippen molar-refractivity contribution < 1.29 is 0 Å². The van der Waals surface area contributed by atoms with Gasteiger partial charge < -0.3 is 5.32 Å². The lowest BCUT2D eigenvalue weighted by molar-refractivity contribution is 0.352. The summed E-state index contributed by atoms with van der Waals surface area (Å²) in [6.45, 7) is 2.31. The standard InChI is InChI=1S/C16H24BrNS/c1-12(11-13-7-9-14(17)10-8-13)18-15-5-3-4-6-16(15)19-2/h7-10,12,15-16,18H,3-6,11H2,1-2H3. The van der Waals surface area contributed by atoms with Crippen LogP contribution < -0.4 is 5.32 Å². The fourth-order valence-electron chi connectivity index (χ4n) is 2.97. The lowest BCUT2D eigenvalue weighted by Crippen LogP contribution is -2.45. The van der Waals surface area contributed by atoms with Crippen LogP contribution in [0.5, 0.6) is 0 Å². The van der Waals surface area contributed by atoms with E-state index in [1.807, 2.05) is 11.8 Å². The predicted molar refractivity (Wildman–Crippen MR) is 90.0 cm³/mol. The van der Waals surface area contributed by atoms with Gasteiger partial charge in [0.15, 0.2) is 0 Å². The van der Waals surface area contributed by atoms with Crippen LogP contribution in [0.25, 0.3) is 0 Å². The van der Waals surface area contributed by atoms with E-state index in [1.165, 1.54) is 31.2 Å². The van der Waals surface area contributed by atoms with Crippen molar-refractivity contribution in [3.05, 3.63) is 34.3 Å². The van der Waals surface area contributed by atoms with Gasteiger partial charge in [-0.2, -0.15) is 11.8 Å². The summed E-state index contributed by atoms with van der Waals surface area (Å²) in [5.74, 6) is 0. The Morgan fingerprint density at radius 2 is 1.95 bits per heavy atom. The summed E-state index contributed by atoms with van der Waals surface area (Å²) >= 11 is 5.53. The monoisotopic (exact) mass is 341 g/mol. The first-order valence-electron chi connectivity index (χ1n) is 7.22. The largest absolute Gasteiger partial charge is 0.310 e. The van der Waals surface area contributed by atoms with Gasteiger partial charge in [-0.15, -0.1) is 0 Å². The second-order valence-corrected chi connectivity index (χ2v) is 7.56. The van der Waals surface area contributed by atoms with Gasteiger partial charge in [0.25, 0.3) is 0 Å². The second-order valence-electron chi connectivity index (χ2n) is 5.56. The van der Waals surface area contributed by atoms with E-state index < -0.39 is 0 Å². The average molecular weight is 342 g/mol. The summed E-state index contributed by atoms with van der Waals surface area (Å²) in [6, 6.07) is 9.96. The highest BCUT2D eigenvalue weighted by atomic mass is 79.9. The van der Waals surface area contributed by atoms with Crippen LogP contribution in [-0.2, 0) is 6.42 Å². The van der Waals surface area contributed by atoms with Crippen molar-refractivity contribution in [2.45, 2.75) is 56.4 Å². The molecule has 2 rings (SSSR count). The molecule has 1 aromatic rings. The molecule has 1 fully saturated rings. The van der Waals surface area contributed by atoms with Crippen LogP contribution >= 0.6 is 27.7 Å². The molecule has 106 valence electrons. The molecule has 1 aliphatic rings. The average Bonchev–Trinajstić information content (AvgIpc) is 2.42. The van der Waals surface area contributed by atoms with Crippen LogP contribution in [0, 0.1) is 0 Å². The van der Waals surface area contributed by atoms with Gasteiger partial charge in [-0.05, 0) is 50.1 Å². The number of nitrogens with one attached hydrogen (secondary N) is 1. The van der Waals surface area contributed by atoms with E-state index >= 15 is 0 Å². The Bertz CT molecular complexity index is 379. The Kier molecular flexibility index (Phi) is 6.24. The van der Waals surface area contributed by atoms with Crippen molar-refractivity contribution >= 4 is 27.7 Å². The van der Waals surface area contributed by atoms with E-state index in [-0.39, 0.29) is 0 Å². The smallest absolute Gasteiger partial charge is 0.0198 e. The zero-order chi connectivity index (χ0) is 13.7. The van der Waals surface area contributed by atoms with Crippen LogP contribution in [0.3, 0.4) is 0 Å². The maximum Gasteiger partial charge on any atom is 0.0198 e. The maximum atomic E-state index is 3.85. The number of thioether (sulfide) groups is 1. The van der Waals surface area contributed by atoms with Crippen LogP contribution in [-0.4, -0.2) is 23.6 Å². The third-order valence-electron chi connectivity index (χ3n) is 3.96. The first kappa shape index (κ1) is 15.4. The van der Waals surface area contributed by atoms with Crippen molar-refractivity contribution in [1.82, 2.24) is 5.32 Å². The molecule has 0 amide bonds. The van der Waals surface area contributed by atoms with Gasteiger partial charge in [-0.25, -0.2) is 0 Å². The number of rotatable bonds is 5. The molecule has 1 aliphatic carbocycles. The highest BCUT2D eigenvalue weighted by Crippen LogP contribution is 2.27. The maximum absolute atomic E-state index is 3.85. The van der Waals surface area contributed by atoms with E-state index in [0.29, 0.717) is 12.1 Å². The van der Waals surface area contributed by atoms with Gasteiger partial charge in [0.2, 0.25) is 0 Å². The molecule has 0 saturated heterocycles. The molecule has 1 N–H and O–H groups in total. The van der Waals surface area contributed by atoms with Crippen molar-refractivity contribution in [1.29, 1.82) is 0 Å². The zero-order valence-electron chi connectivity index (χ0n) is 11.9. The van der Waals surface area contributed by atoms with Crippen LogP contribution in [0.1, 0.15) is 38.2 Å². The van der Waals surface area contributed by atoms with Gasteiger partial charge >= 0.3 is 0 Å². The fourth-order valence-corrected chi connectivity index (χ4v) is 4.18. The summed E-state index contributed by atoms with van der Waals surface area (Å²) in [5.41, 5.74) is 1.42. The molecule has 1 nitrogen and oxygen atoms in total. The first-order valence-corrected chi connectivity index (χ1v) is 9.30. The molecule has 1 saturated carbocycles.